The van der Waals surface area contributed by atoms with E-state index in [4.69, 9.17) is 12.2 Å². The number of aromatic amines is 1. The number of aromatic nitrogens is 2. The summed E-state index contributed by atoms with van der Waals surface area (Å²) in [6.07, 6.45) is 1.75. The van der Waals surface area contributed by atoms with E-state index in [-0.39, 0.29) is 11.0 Å². The number of H-pyrrole nitrogens is 1. The van der Waals surface area contributed by atoms with Gasteiger partial charge in [-0.25, -0.2) is 0 Å². The van der Waals surface area contributed by atoms with Crippen LogP contribution in [0.4, 0.5) is 0 Å². The van der Waals surface area contributed by atoms with Crippen molar-refractivity contribution in [3.8, 4) is 0 Å². The molecular formula is C11H18N2OS. The molecule has 0 aromatic carbocycles. The summed E-state index contributed by atoms with van der Waals surface area (Å²) < 4.78 is 2.41. The molecule has 0 aliphatic rings. The van der Waals surface area contributed by atoms with Crippen molar-refractivity contribution in [2.45, 2.75) is 34.2 Å². The van der Waals surface area contributed by atoms with Crippen LogP contribution in [0, 0.1) is 16.1 Å². The first-order chi connectivity index (χ1) is 6.80. The minimum Gasteiger partial charge on any atom is -0.325 e. The molecule has 0 fully saturated rings. The summed E-state index contributed by atoms with van der Waals surface area (Å²) in [6.45, 7) is 9.62. The summed E-state index contributed by atoms with van der Waals surface area (Å²) in [5.74, 6) is 0.495. The molecule has 0 aliphatic heterocycles. The van der Waals surface area contributed by atoms with Gasteiger partial charge >= 0.3 is 0 Å². The minimum absolute atomic E-state index is 0.139. The maximum absolute atomic E-state index is 11.0. The lowest BCUT2D eigenvalue weighted by atomic mass is 9.82. The molecule has 0 radical (unpaired) electrons. The summed E-state index contributed by atoms with van der Waals surface area (Å²) in [6, 6.07) is 1.51. The van der Waals surface area contributed by atoms with Gasteiger partial charge in [0.05, 0.1) is 0 Å². The summed E-state index contributed by atoms with van der Waals surface area (Å²) in [5.41, 5.74) is 0.102. The fourth-order valence-electron chi connectivity index (χ4n) is 1.16. The zero-order valence-electron chi connectivity index (χ0n) is 9.70. The van der Waals surface area contributed by atoms with Gasteiger partial charge in [-0.1, -0.05) is 27.7 Å². The third-order valence-electron chi connectivity index (χ3n) is 2.85. The van der Waals surface area contributed by atoms with Gasteiger partial charge in [-0.05, 0) is 23.6 Å². The number of hydrogen-bond acceptors (Lipinski definition) is 2. The standard InChI is InChI=1S/C11H18N2OS/c1-8(11(2,3)4)7-13-6-5-9(14)12-10(13)15/h5-6,8H,7H2,1-4H3,(H,12,14,15). The number of hydrogen-bond donors (Lipinski definition) is 1. The Morgan fingerprint density at radius 2 is 2.13 bits per heavy atom. The molecule has 84 valence electrons. The monoisotopic (exact) mass is 226 g/mol. The van der Waals surface area contributed by atoms with E-state index >= 15 is 0 Å². The molecule has 0 spiro atoms. The second-order valence-corrected chi connectivity index (χ2v) is 5.42. The third kappa shape index (κ3) is 3.30. The van der Waals surface area contributed by atoms with Crippen LogP contribution >= 0.6 is 12.2 Å². The van der Waals surface area contributed by atoms with Crippen LogP contribution in [0.2, 0.25) is 0 Å². The summed E-state index contributed by atoms with van der Waals surface area (Å²) in [5, 5.41) is 0. The second kappa shape index (κ2) is 4.31. The third-order valence-corrected chi connectivity index (χ3v) is 3.18. The smallest absolute Gasteiger partial charge is 0.251 e. The molecule has 0 saturated heterocycles. The van der Waals surface area contributed by atoms with E-state index in [1.807, 2.05) is 4.57 Å². The predicted octanol–water partition coefficient (Wildman–Crippen LogP) is 2.59. The predicted molar refractivity (Wildman–Crippen MR) is 64.5 cm³/mol. The van der Waals surface area contributed by atoms with E-state index in [1.54, 1.807) is 6.20 Å². The van der Waals surface area contributed by atoms with E-state index in [9.17, 15) is 4.79 Å². The van der Waals surface area contributed by atoms with Crippen LogP contribution in [0.15, 0.2) is 17.1 Å². The van der Waals surface area contributed by atoms with Gasteiger partial charge in [0.2, 0.25) is 0 Å². The Bertz CT molecular complexity index is 439. The van der Waals surface area contributed by atoms with Gasteiger partial charge < -0.3 is 4.57 Å². The van der Waals surface area contributed by atoms with Crippen LogP contribution in [-0.2, 0) is 6.54 Å². The highest BCUT2D eigenvalue weighted by Crippen LogP contribution is 2.26. The molecular weight excluding hydrogens is 208 g/mol. The maximum atomic E-state index is 11.0. The molecule has 4 heteroatoms. The molecule has 0 amide bonds. The Morgan fingerprint density at radius 3 is 2.60 bits per heavy atom. The van der Waals surface area contributed by atoms with Crippen molar-refractivity contribution in [3.63, 3.8) is 0 Å². The van der Waals surface area contributed by atoms with E-state index in [1.165, 1.54) is 6.07 Å². The molecule has 1 unspecified atom stereocenters. The van der Waals surface area contributed by atoms with E-state index in [0.29, 0.717) is 10.7 Å². The van der Waals surface area contributed by atoms with Gasteiger partial charge in [-0.15, -0.1) is 0 Å². The molecule has 15 heavy (non-hydrogen) atoms. The Hall–Kier alpha value is -0.900. The molecule has 0 aliphatic carbocycles. The van der Waals surface area contributed by atoms with Crippen molar-refractivity contribution in [1.82, 2.24) is 9.55 Å². The van der Waals surface area contributed by atoms with Crippen molar-refractivity contribution in [2.75, 3.05) is 0 Å². The molecule has 1 heterocycles. The largest absolute Gasteiger partial charge is 0.325 e. The Labute approximate surface area is 95.2 Å². The lowest BCUT2D eigenvalue weighted by molar-refractivity contribution is 0.231. The summed E-state index contributed by atoms with van der Waals surface area (Å²) in [7, 11) is 0. The molecule has 3 nitrogen and oxygen atoms in total. The highest BCUT2D eigenvalue weighted by Gasteiger charge is 2.20. The van der Waals surface area contributed by atoms with Crippen LogP contribution < -0.4 is 5.56 Å². The lowest BCUT2D eigenvalue weighted by Crippen LogP contribution is -2.24. The Morgan fingerprint density at radius 1 is 1.53 bits per heavy atom. The fraction of sp³-hybridized carbons (Fsp3) is 0.636. The molecule has 1 aromatic heterocycles. The van der Waals surface area contributed by atoms with Gasteiger partial charge in [-0.3, -0.25) is 9.78 Å². The summed E-state index contributed by atoms with van der Waals surface area (Å²) in [4.78, 5) is 13.6. The first-order valence-electron chi connectivity index (χ1n) is 5.10. The molecule has 1 atom stereocenters. The quantitative estimate of drug-likeness (QED) is 0.787. The molecule has 1 rings (SSSR count). The highest BCUT2D eigenvalue weighted by atomic mass is 32.1. The molecule has 1 N–H and O–H groups in total. The topological polar surface area (TPSA) is 37.8 Å². The van der Waals surface area contributed by atoms with Gasteiger partial charge in [-0.2, -0.15) is 0 Å². The SMILES string of the molecule is CC(Cn1ccc(=O)[nH]c1=S)C(C)(C)C. The first kappa shape index (κ1) is 12.2. The van der Waals surface area contributed by atoms with E-state index in [0.717, 1.165) is 6.54 Å². The van der Waals surface area contributed by atoms with Crippen molar-refractivity contribution < 1.29 is 0 Å². The van der Waals surface area contributed by atoms with Crippen LogP contribution in [0.3, 0.4) is 0 Å². The fourth-order valence-corrected chi connectivity index (χ4v) is 1.39. The minimum atomic E-state index is -0.139. The molecule has 1 aromatic rings. The summed E-state index contributed by atoms with van der Waals surface area (Å²) >= 11 is 5.09. The van der Waals surface area contributed by atoms with Crippen LogP contribution in [-0.4, -0.2) is 9.55 Å². The second-order valence-electron chi connectivity index (χ2n) is 5.03. The average molecular weight is 226 g/mol. The number of nitrogens with zero attached hydrogens (tertiary/aromatic N) is 1. The normalized spacial score (nSPS) is 13.9. The zero-order valence-corrected chi connectivity index (χ0v) is 10.5. The van der Waals surface area contributed by atoms with Crippen molar-refractivity contribution >= 4 is 12.2 Å². The van der Waals surface area contributed by atoms with Crippen molar-refractivity contribution in [2.24, 2.45) is 11.3 Å². The first-order valence-corrected chi connectivity index (χ1v) is 5.51. The van der Waals surface area contributed by atoms with Gasteiger partial charge in [0.15, 0.2) is 4.77 Å². The van der Waals surface area contributed by atoms with Crippen LogP contribution in [0.25, 0.3) is 0 Å². The molecule has 0 bridgehead atoms. The van der Waals surface area contributed by atoms with Crippen molar-refractivity contribution in [1.29, 1.82) is 0 Å². The van der Waals surface area contributed by atoms with Crippen molar-refractivity contribution in [3.05, 3.63) is 27.4 Å². The van der Waals surface area contributed by atoms with Crippen LogP contribution in [0.1, 0.15) is 27.7 Å². The van der Waals surface area contributed by atoms with E-state index in [2.05, 4.69) is 32.7 Å². The molecule has 0 saturated carbocycles. The maximum Gasteiger partial charge on any atom is 0.251 e. The Kier molecular flexibility index (Phi) is 3.50. The Balaban J connectivity index is 2.91. The lowest BCUT2D eigenvalue weighted by Gasteiger charge is -2.27. The zero-order chi connectivity index (χ0) is 11.6. The van der Waals surface area contributed by atoms with Gasteiger partial charge in [0, 0.05) is 18.8 Å². The van der Waals surface area contributed by atoms with E-state index < -0.39 is 0 Å². The van der Waals surface area contributed by atoms with Gasteiger partial charge in [0.1, 0.15) is 0 Å². The number of rotatable bonds is 2. The van der Waals surface area contributed by atoms with Crippen LogP contribution in [0.5, 0.6) is 0 Å². The average Bonchev–Trinajstić information content (AvgIpc) is 2.08. The number of nitrogens with one attached hydrogen (secondary N) is 1. The highest BCUT2D eigenvalue weighted by molar-refractivity contribution is 7.71. The van der Waals surface area contributed by atoms with Gasteiger partial charge in [0.25, 0.3) is 5.56 Å².